The number of thioether (sulfide) groups is 1. The zero-order chi connectivity index (χ0) is 15.8. The summed E-state index contributed by atoms with van der Waals surface area (Å²) in [6.07, 6.45) is 2.86. The van der Waals surface area contributed by atoms with E-state index in [0.717, 1.165) is 16.9 Å². The average Bonchev–Trinajstić information content (AvgIpc) is 2.56. The van der Waals surface area contributed by atoms with Crippen molar-refractivity contribution in [2.45, 2.75) is 31.2 Å². The second-order valence-electron chi connectivity index (χ2n) is 5.12. The minimum Gasteiger partial charge on any atom is -0.349 e. The van der Waals surface area contributed by atoms with E-state index in [9.17, 15) is 4.79 Å². The van der Waals surface area contributed by atoms with Crippen LogP contribution in [-0.2, 0) is 4.79 Å². The van der Waals surface area contributed by atoms with Gasteiger partial charge in [0.05, 0.1) is 4.91 Å². The van der Waals surface area contributed by atoms with E-state index < -0.39 is 0 Å². The second kappa shape index (κ2) is 8.44. The van der Waals surface area contributed by atoms with E-state index in [0.29, 0.717) is 4.91 Å². The number of benzene rings is 2. The highest BCUT2D eigenvalue weighted by Gasteiger charge is 2.13. The van der Waals surface area contributed by atoms with Gasteiger partial charge in [-0.15, -0.1) is 0 Å². The molecule has 0 radical (unpaired) electrons. The van der Waals surface area contributed by atoms with Gasteiger partial charge < -0.3 is 5.32 Å². The Labute approximate surface area is 136 Å². The lowest BCUT2D eigenvalue weighted by molar-refractivity contribution is -0.117. The fourth-order valence-corrected chi connectivity index (χ4v) is 2.75. The molecule has 22 heavy (non-hydrogen) atoms. The lowest BCUT2D eigenvalue weighted by Crippen LogP contribution is -2.32. The SMILES string of the molecule is CCC(C)NC(=O)C(=Cc1ccccc1)Sc1ccccc1. The van der Waals surface area contributed by atoms with Crippen molar-refractivity contribution < 1.29 is 4.79 Å². The molecule has 0 aliphatic rings. The summed E-state index contributed by atoms with van der Waals surface area (Å²) in [6.45, 7) is 4.08. The number of hydrogen-bond acceptors (Lipinski definition) is 2. The maximum Gasteiger partial charge on any atom is 0.258 e. The van der Waals surface area contributed by atoms with Gasteiger partial charge in [-0.3, -0.25) is 4.79 Å². The number of carbonyl (C=O) groups excluding carboxylic acids is 1. The van der Waals surface area contributed by atoms with E-state index in [1.165, 1.54) is 11.8 Å². The number of carbonyl (C=O) groups is 1. The number of hydrogen-bond donors (Lipinski definition) is 1. The van der Waals surface area contributed by atoms with Crippen molar-refractivity contribution in [1.29, 1.82) is 0 Å². The maximum absolute atomic E-state index is 12.5. The van der Waals surface area contributed by atoms with Gasteiger partial charge in [-0.25, -0.2) is 0 Å². The minimum absolute atomic E-state index is 0.0212. The summed E-state index contributed by atoms with van der Waals surface area (Å²) in [7, 11) is 0. The van der Waals surface area contributed by atoms with Crippen LogP contribution in [0.3, 0.4) is 0 Å². The van der Waals surface area contributed by atoms with Crippen molar-refractivity contribution in [1.82, 2.24) is 5.32 Å². The van der Waals surface area contributed by atoms with E-state index in [-0.39, 0.29) is 11.9 Å². The zero-order valence-electron chi connectivity index (χ0n) is 13.0. The summed E-state index contributed by atoms with van der Waals surface area (Å²) in [5.41, 5.74) is 1.03. The van der Waals surface area contributed by atoms with E-state index in [1.54, 1.807) is 0 Å². The van der Waals surface area contributed by atoms with E-state index >= 15 is 0 Å². The quantitative estimate of drug-likeness (QED) is 0.617. The molecular weight excluding hydrogens is 290 g/mol. The molecule has 3 heteroatoms. The number of rotatable bonds is 6. The lowest BCUT2D eigenvalue weighted by Gasteiger charge is -2.13. The van der Waals surface area contributed by atoms with Crippen LogP contribution in [0.2, 0.25) is 0 Å². The fourth-order valence-electron chi connectivity index (χ4n) is 1.85. The molecule has 2 nitrogen and oxygen atoms in total. The molecule has 0 spiro atoms. The van der Waals surface area contributed by atoms with Crippen LogP contribution in [0.15, 0.2) is 70.5 Å². The first-order chi connectivity index (χ1) is 10.7. The minimum atomic E-state index is -0.0212. The van der Waals surface area contributed by atoms with Crippen molar-refractivity contribution in [2.24, 2.45) is 0 Å². The van der Waals surface area contributed by atoms with Crippen LogP contribution in [0.4, 0.5) is 0 Å². The van der Waals surface area contributed by atoms with Gasteiger partial charge in [0.1, 0.15) is 0 Å². The Kier molecular flexibility index (Phi) is 6.28. The van der Waals surface area contributed by atoms with Crippen LogP contribution in [0, 0.1) is 0 Å². The van der Waals surface area contributed by atoms with Gasteiger partial charge in [0.25, 0.3) is 5.91 Å². The average molecular weight is 311 g/mol. The van der Waals surface area contributed by atoms with Crippen molar-refractivity contribution in [2.75, 3.05) is 0 Å². The Bertz CT molecular complexity index is 622. The first-order valence-electron chi connectivity index (χ1n) is 7.49. The van der Waals surface area contributed by atoms with E-state index in [1.807, 2.05) is 73.7 Å². The van der Waals surface area contributed by atoms with Gasteiger partial charge in [0.15, 0.2) is 0 Å². The van der Waals surface area contributed by atoms with Crippen LogP contribution < -0.4 is 5.32 Å². The van der Waals surface area contributed by atoms with Gasteiger partial charge in [0, 0.05) is 10.9 Å². The third kappa shape index (κ3) is 5.08. The first kappa shape index (κ1) is 16.4. The third-order valence-corrected chi connectivity index (χ3v) is 4.31. The zero-order valence-corrected chi connectivity index (χ0v) is 13.8. The van der Waals surface area contributed by atoms with Gasteiger partial charge in [-0.05, 0) is 37.1 Å². The first-order valence-corrected chi connectivity index (χ1v) is 8.31. The van der Waals surface area contributed by atoms with Crippen molar-refractivity contribution >= 4 is 23.7 Å². The molecular formula is C19H21NOS. The number of nitrogens with one attached hydrogen (secondary N) is 1. The van der Waals surface area contributed by atoms with Crippen LogP contribution in [0.5, 0.6) is 0 Å². The maximum atomic E-state index is 12.5. The third-order valence-electron chi connectivity index (χ3n) is 3.28. The van der Waals surface area contributed by atoms with E-state index in [4.69, 9.17) is 0 Å². The largest absolute Gasteiger partial charge is 0.349 e. The number of amides is 1. The molecule has 114 valence electrons. The Morgan fingerprint density at radius 1 is 1.09 bits per heavy atom. The van der Waals surface area contributed by atoms with Gasteiger partial charge >= 0.3 is 0 Å². The molecule has 0 saturated heterocycles. The highest BCUT2D eigenvalue weighted by atomic mass is 32.2. The Hall–Kier alpha value is -2.00. The molecule has 1 unspecified atom stereocenters. The molecule has 2 aromatic carbocycles. The van der Waals surface area contributed by atoms with Crippen molar-refractivity contribution in [3.63, 3.8) is 0 Å². The summed E-state index contributed by atoms with van der Waals surface area (Å²) in [6, 6.07) is 20.1. The molecule has 0 heterocycles. The Balaban J connectivity index is 2.24. The molecule has 1 atom stereocenters. The van der Waals surface area contributed by atoms with Gasteiger partial charge in [0.2, 0.25) is 0 Å². The summed E-state index contributed by atoms with van der Waals surface area (Å²) in [4.78, 5) is 14.3. The lowest BCUT2D eigenvalue weighted by atomic mass is 10.2. The smallest absolute Gasteiger partial charge is 0.258 e. The summed E-state index contributed by atoms with van der Waals surface area (Å²) in [5, 5.41) is 3.04. The second-order valence-corrected chi connectivity index (χ2v) is 6.23. The Morgan fingerprint density at radius 3 is 2.27 bits per heavy atom. The molecule has 0 aliphatic carbocycles. The summed E-state index contributed by atoms with van der Waals surface area (Å²) in [5.74, 6) is -0.0212. The van der Waals surface area contributed by atoms with E-state index in [2.05, 4.69) is 12.2 Å². The van der Waals surface area contributed by atoms with Crippen LogP contribution in [0.25, 0.3) is 6.08 Å². The molecule has 2 aromatic rings. The molecule has 2 rings (SSSR count). The normalized spacial score (nSPS) is 12.7. The predicted molar refractivity (Wildman–Crippen MR) is 94.6 cm³/mol. The molecule has 1 N–H and O–H groups in total. The van der Waals surface area contributed by atoms with Gasteiger partial charge in [-0.2, -0.15) is 0 Å². The van der Waals surface area contributed by atoms with Crippen molar-refractivity contribution in [3.05, 3.63) is 71.1 Å². The molecule has 0 bridgehead atoms. The van der Waals surface area contributed by atoms with Crippen LogP contribution >= 0.6 is 11.8 Å². The van der Waals surface area contributed by atoms with Gasteiger partial charge in [-0.1, -0.05) is 67.2 Å². The summed E-state index contributed by atoms with van der Waals surface area (Å²) >= 11 is 1.49. The standard InChI is InChI=1S/C19H21NOS/c1-3-15(2)20-19(21)18(14-16-10-6-4-7-11-16)22-17-12-8-5-9-13-17/h4-15H,3H2,1-2H3,(H,20,21). The van der Waals surface area contributed by atoms with Crippen LogP contribution in [0.1, 0.15) is 25.8 Å². The molecule has 0 aliphatic heterocycles. The predicted octanol–water partition coefficient (Wildman–Crippen LogP) is 4.73. The highest BCUT2D eigenvalue weighted by Crippen LogP contribution is 2.28. The Morgan fingerprint density at radius 2 is 1.68 bits per heavy atom. The molecule has 0 aromatic heterocycles. The fraction of sp³-hybridized carbons (Fsp3) is 0.211. The molecule has 0 fully saturated rings. The topological polar surface area (TPSA) is 29.1 Å². The highest BCUT2D eigenvalue weighted by molar-refractivity contribution is 8.04. The summed E-state index contributed by atoms with van der Waals surface area (Å²) < 4.78 is 0. The van der Waals surface area contributed by atoms with Crippen molar-refractivity contribution in [3.8, 4) is 0 Å². The monoisotopic (exact) mass is 311 g/mol. The van der Waals surface area contributed by atoms with Crippen LogP contribution in [-0.4, -0.2) is 11.9 Å². The molecule has 0 saturated carbocycles. The molecule has 1 amide bonds.